The molecule has 2 rings (SSSR count). The number of carbonyl (C=O) groups excluding carboxylic acids is 1. The van der Waals surface area contributed by atoms with Crippen molar-refractivity contribution < 1.29 is 13.2 Å². The largest absolute Gasteiger partial charge is 0.352 e. The molecule has 0 saturated heterocycles. The summed E-state index contributed by atoms with van der Waals surface area (Å²) >= 11 is 5.99. The van der Waals surface area contributed by atoms with Gasteiger partial charge in [0.15, 0.2) is 0 Å². The standard InChI is InChI=1S/C20H25ClN2O3S/c1-15(12-13-17-8-5-4-6-9-17)22-20(24)16(2)23(27(3,25)26)19-11-7-10-18(21)14-19/h4-11,14-16H,12-13H2,1-3H3,(H,22,24)/t15-,16+/m1/s1. The Hall–Kier alpha value is -2.05. The zero-order valence-electron chi connectivity index (χ0n) is 15.7. The number of carbonyl (C=O) groups is 1. The first kappa shape index (κ1) is 21.3. The third-order valence-corrected chi connectivity index (χ3v) is 5.73. The van der Waals surface area contributed by atoms with E-state index in [0.29, 0.717) is 10.7 Å². The van der Waals surface area contributed by atoms with Crippen LogP contribution in [0.1, 0.15) is 25.8 Å². The van der Waals surface area contributed by atoms with E-state index in [9.17, 15) is 13.2 Å². The summed E-state index contributed by atoms with van der Waals surface area (Å²) in [6.45, 7) is 3.49. The Morgan fingerprint density at radius 2 is 1.78 bits per heavy atom. The number of sulfonamides is 1. The molecule has 5 nitrogen and oxygen atoms in total. The predicted molar refractivity (Wildman–Crippen MR) is 111 cm³/mol. The van der Waals surface area contributed by atoms with Gasteiger partial charge in [-0.2, -0.15) is 0 Å². The highest BCUT2D eigenvalue weighted by Gasteiger charge is 2.29. The number of nitrogens with one attached hydrogen (secondary N) is 1. The van der Waals surface area contributed by atoms with E-state index in [-0.39, 0.29) is 11.9 Å². The van der Waals surface area contributed by atoms with E-state index in [4.69, 9.17) is 11.6 Å². The van der Waals surface area contributed by atoms with Crippen LogP contribution < -0.4 is 9.62 Å². The number of amides is 1. The van der Waals surface area contributed by atoms with Gasteiger partial charge in [0.2, 0.25) is 15.9 Å². The molecule has 0 unspecified atom stereocenters. The minimum absolute atomic E-state index is 0.0825. The minimum atomic E-state index is -3.66. The van der Waals surface area contributed by atoms with Gasteiger partial charge >= 0.3 is 0 Å². The Bertz CT molecular complexity index is 872. The second-order valence-electron chi connectivity index (χ2n) is 6.65. The Morgan fingerprint density at radius 1 is 1.11 bits per heavy atom. The van der Waals surface area contributed by atoms with Gasteiger partial charge in [-0.25, -0.2) is 8.42 Å². The average molecular weight is 409 g/mol. The van der Waals surface area contributed by atoms with Gasteiger partial charge < -0.3 is 5.32 Å². The van der Waals surface area contributed by atoms with Crippen LogP contribution in [0.15, 0.2) is 54.6 Å². The van der Waals surface area contributed by atoms with Crippen LogP contribution in [-0.2, 0) is 21.2 Å². The molecule has 2 aromatic carbocycles. The first-order chi connectivity index (χ1) is 12.7. The van der Waals surface area contributed by atoms with Crippen molar-refractivity contribution in [1.82, 2.24) is 5.32 Å². The van der Waals surface area contributed by atoms with Crippen LogP contribution in [0.2, 0.25) is 5.02 Å². The highest BCUT2D eigenvalue weighted by Crippen LogP contribution is 2.24. The van der Waals surface area contributed by atoms with Crippen molar-refractivity contribution in [1.29, 1.82) is 0 Å². The second kappa shape index (κ2) is 9.24. The van der Waals surface area contributed by atoms with Crippen LogP contribution in [0.4, 0.5) is 5.69 Å². The molecule has 0 fully saturated rings. The molecule has 7 heteroatoms. The molecule has 0 aromatic heterocycles. The topological polar surface area (TPSA) is 66.5 Å². The molecule has 0 saturated carbocycles. The van der Waals surface area contributed by atoms with E-state index < -0.39 is 16.1 Å². The normalized spacial score (nSPS) is 13.6. The van der Waals surface area contributed by atoms with Crippen molar-refractivity contribution in [2.45, 2.75) is 38.8 Å². The molecule has 0 radical (unpaired) electrons. The quantitative estimate of drug-likeness (QED) is 0.725. The van der Waals surface area contributed by atoms with Crippen molar-refractivity contribution in [3.63, 3.8) is 0 Å². The Kier molecular flexibility index (Phi) is 7.27. The lowest BCUT2D eigenvalue weighted by Gasteiger charge is -2.29. The summed E-state index contributed by atoms with van der Waals surface area (Å²) in [7, 11) is -3.66. The Morgan fingerprint density at radius 3 is 2.37 bits per heavy atom. The highest BCUT2D eigenvalue weighted by molar-refractivity contribution is 7.92. The molecule has 0 heterocycles. The van der Waals surface area contributed by atoms with E-state index in [1.165, 1.54) is 11.6 Å². The van der Waals surface area contributed by atoms with Crippen molar-refractivity contribution in [2.75, 3.05) is 10.6 Å². The van der Waals surface area contributed by atoms with Crippen LogP contribution in [0.25, 0.3) is 0 Å². The zero-order chi connectivity index (χ0) is 20.0. The van der Waals surface area contributed by atoms with Gasteiger partial charge in [-0.3, -0.25) is 9.10 Å². The lowest BCUT2D eigenvalue weighted by molar-refractivity contribution is -0.122. The molecule has 0 aliphatic carbocycles. The molecule has 146 valence electrons. The fourth-order valence-corrected chi connectivity index (χ4v) is 4.24. The van der Waals surface area contributed by atoms with Crippen LogP contribution in [0.3, 0.4) is 0 Å². The fraction of sp³-hybridized carbons (Fsp3) is 0.350. The lowest BCUT2D eigenvalue weighted by atomic mass is 10.1. The summed E-state index contributed by atoms with van der Waals surface area (Å²) in [6.07, 6.45) is 2.68. The van der Waals surface area contributed by atoms with E-state index in [1.54, 1.807) is 25.1 Å². The van der Waals surface area contributed by atoms with Gasteiger partial charge in [-0.15, -0.1) is 0 Å². The van der Waals surface area contributed by atoms with Gasteiger partial charge in [0.05, 0.1) is 11.9 Å². The first-order valence-electron chi connectivity index (χ1n) is 8.77. The van der Waals surface area contributed by atoms with Crippen molar-refractivity contribution in [2.24, 2.45) is 0 Å². The van der Waals surface area contributed by atoms with Crippen molar-refractivity contribution in [3.8, 4) is 0 Å². The summed E-state index contributed by atoms with van der Waals surface area (Å²) in [5.41, 5.74) is 1.56. The fourth-order valence-electron chi connectivity index (χ4n) is 2.89. The molecule has 0 aliphatic heterocycles. The minimum Gasteiger partial charge on any atom is -0.352 e. The first-order valence-corrected chi connectivity index (χ1v) is 11.0. The van der Waals surface area contributed by atoms with Gasteiger partial charge in [0.1, 0.15) is 6.04 Å². The summed E-state index contributed by atoms with van der Waals surface area (Å²) < 4.78 is 25.7. The van der Waals surface area contributed by atoms with E-state index in [1.807, 2.05) is 37.3 Å². The molecular weight excluding hydrogens is 384 g/mol. The number of hydrogen-bond donors (Lipinski definition) is 1. The van der Waals surface area contributed by atoms with Crippen molar-refractivity contribution in [3.05, 3.63) is 65.2 Å². The summed E-state index contributed by atoms with van der Waals surface area (Å²) in [6, 6.07) is 15.5. The van der Waals surface area contributed by atoms with E-state index >= 15 is 0 Å². The van der Waals surface area contributed by atoms with Gasteiger partial charge in [-0.1, -0.05) is 48.0 Å². The second-order valence-corrected chi connectivity index (χ2v) is 8.94. The van der Waals surface area contributed by atoms with Crippen LogP contribution in [0, 0.1) is 0 Å². The van der Waals surface area contributed by atoms with Crippen molar-refractivity contribution >= 4 is 33.2 Å². The summed E-state index contributed by atoms with van der Waals surface area (Å²) in [5.74, 6) is -0.346. The Balaban J connectivity index is 2.06. The van der Waals surface area contributed by atoms with Gasteiger partial charge in [0, 0.05) is 11.1 Å². The number of nitrogens with zero attached hydrogens (tertiary/aromatic N) is 1. The average Bonchev–Trinajstić information content (AvgIpc) is 2.60. The summed E-state index contributed by atoms with van der Waals surface area (Å²) in [5, 5.41) is 3.32. The monoisotopic (exact) mass is 408 g/mol. The maximum Gasteiger partial charge on any atom is 0.243 e. The molecule has 2 atom stereocenters. The molecule has 0 spiro atoms. The number of aryl methyl sites for hydroxylation is 1. The number of halogens is 1. The third kappa shape index (κ3) is 6.26. The molecule has 0 aliphatic rings. The summed E-state index contributed by atoms with van der Waals surface area (Å²) in [4.78, 5) is 12.7. The molecule has 0 bridgehead atoms. The highest BCUT2D eigenvalue weighted by atomic mass is 35.5. The number of rotatable bonds is 8. The SMILES string of the molecule is C[C@H](CCc1ccccc1)NC(=O)[C@H](C)N(c1cccc(Cl)c1)S(C)(=O)=O. The third-order valence-electron chi connectivity index (χ3n) is 4.25. The van der Waals surface area contributed by atoms with Crippen LogP contribution in [0.5, 0.6) is 0 Å². The smallest absolute Gasteiger partial charge is 0.243 e. The van der Waals surface area contributed by atoms with Gasteiger partial charge in [-0.05, 0) is 50.5 Å². The lowest BCUT2D eigenvalue weighted by Crippen LogP contribution is -2.50. The maximum absolute atomic E-state index is 12.7. The molecule has 1 amide bonds. The predicted octanol–water partition coefficient (Wildman–Crippen LogP) is 3.63. The van der Waals surface area contributed by atoms with Gasteiger partial charge in [0.25, 0.3) is 0 Å². The van der Waals surface area contributed by atoms with E-state index in [2.05, 4.69) is 5.32 Å². The number of anilines is 1. The maximum atomic E-state index is 12.7. The molecular formula is C20H25ClN2O3S. The van der Waals surface area contributed by atoms with Crippen LogP contribution >= 0.6 is 11.6 Å². The number of hydrogen-bond acceptors (Lipinski definition) is 3. The van der Waals surface area contributed by atoms with Crippen LogP contribution in [-0.4, -0.2) is 32.7 Å². The molecule has 2 aromatic rings. The molecule has 27 heavy (non-hydrogen) atoms. The Labute approximate surface area is 166 Å². The zero-order valence-corrected chi connectivity index (χ0v) is 17.3. The number of benzene rings is 2. The molecule has 1 N–H and O–H groups in total. The van der Waals surface area contributed by atoms with E-state index in [0.717, 1.165) is 23.4 Å².